The molecule has 0 aromatic carbocycles. The van der Waals surface area contributed by atoms with Crippen LogP contribution >= 0.6 is 34.8 Å². The van der Waals surface area contributed by atoms with Crippen LogP contribution in [-0.2, 0) is 0 Å². The van der Waals surface area contributed by atoms with Crippen molar-refractivity contribution in [3.8, 4) is 0 Å². The second kappa shape index (κ2) is 7.71. The van der Waals surface area contributed by atoms with E-state index in [1.165, 1.54) is 0 Å². The second-order valence-electron chi connectivity index (χ2n) is 2.03. The van der Waals surface area contributed by atoms with Gasteiger partial charge in [0, 0.05) is 5.88 Å². The molecule has 0 N–H and O–H groups in total. The van der Waals surface area contributed by atoms with Crippen molar-refractivity contribution in [1.82, 2.24) is 0 Å². The molecule has 0 nitrogen and oxygen atoms in total. The minimum Gasteiger partial charge on any atom is -0.127 e. The first kappa shape index (κ1) is 10.6. The van der Waals surface area contributed by atoms with E-state index < -0.39 is 0 Å². The van der Waals surface area contributed by atoms with E-state index in [9.17, 15) is 0 Å². The monoisotopic (exact) mass is 200 g/mol. The molecule has 0 amide bonds. The number of alkyl halides is 1. The molecule has 0 aliphatic carbocycles. The number of hydrogen-bond acceptors (Lipinski definition) is 0. The number of allylic oxidation sites excluding steroid dienone is 1. The molecule has 0 unspecified atom stereocenters. The van der Waals surface area contributed by atoms with Crippen molar-refractivity contribution in [3.63, 3.8) is 0 Å². The maximum absolute atomic E-state index is 5.48. The molecule has 0 spiro atoms. The average molecular weight is 202 g/mol. The van der Waals surface area contributed by atoms with Gasteiger partial charge in [0.15, 0.2) is 0 Å². The van der Waals surface area contributed by atoms with Gasteiger partial charge in [-0.2, -0.15) is 0 Å². The van der Waals surface area contributed by atoms with E-state index in [1.54, 1.807) is 0 Å². The fraction of sp³-hybridized carbons (Fsp3) is 0.714. The second-order valence-corrected chi connectivity index (χ2v) is 3.42. The van der Waals surface area contributed by atoms with Gasteiger partial charge in [0.1, 0.15) is 4.49 Å². The standard InChI is InChI=1S/C7H11Cl3/c8-6-4-2-1-3-5-7(9)10/h5H,1-4,6H2. The summed E-state index contributed by atoms with van der Waals surface area (Å²) in [6.07, 6.45) is 6.13. The third kappa shape index (κ3) is 8.61. The van der Waals surface area contributed by atoms with Gasteiger partial charge in [-0.1, -0.05) is 35.7 Å². The number of halogens is 3. The van der Waals surface area contributed by atoms with Crippen LogP contribution in [0.15, 0.2) is 10.6 Å². The molecular formula is C7H11Cl3. The third-order valence-corrected chi connectivity index (χ3v) is 1.71. The molecule has 10 heavy (non-hydrogen) atoms. The first-order valence-electron chi connectivity index (χ1n) is 3.34. The van der Waals surface area contributed by atoms with Crippen molar-refractivity contribution >= 4 is 34.8 Å². The summed E-state index contributed by atoms with van der Waals surface area (Å²) in [5, 5.41) is 0. The molecule has 0 atom stereocenters. The van der Waals surface area contributed by atoms with Crippen molar-refractivity contribution in [1.29, 1.82) is 0 Å². The molecular weight excluding hydrogens is 190 g/mol. The zero-order valence-corrected chi connectivity index (χ0v) is 8.01. The summed E-state index contributed by atoms with van der Waals surface area (Å²) in [6.45, 7) is 0. The highest BCUT2D eigenvalue weighted by Crippen LogP contribution is 2.10. The van der Waals surface area contributed by atoms with E-state index in [2.05, 4.69) is 0 Å². The van der Waals surface area contributed by atoms with Gasteiger partial charge < -0.3 is 0 Å². The molecule has 0 aliphatic rings. The van der Waals surface area contributed by atoms with Gasteiger partial charge >= 0.3 is 0 Å². The summed E-state index contributed by atoms with van der Waals surface area (Å²) in [6, 6.07) is 0. The average Bonchev–Trinajstić information content (AvgIpc) is 1.87. The summed E-state index contributed by atoms with van der Waals surface area (Å²) in [5.41, 5.74) is 0. The normalized spacial score (nSPS) is 9.50. The fourth-order valence-corrected chi connectivity index (χ4v) is 1.03. The lowest BCUT2D eigenvalue weighted by Gasteiger charge is -1.92. The molecule has 0 saturated heterocycles. The lowest BCUT2D eigenvalue weighted by Crippen LogP contribution is -1.76. The topological polar surface area (TPSA) is 0 Å². The SMILES string of the molecule is ClCCCCCC=C(Cl)Cl. The lowest BCUT2D eigenvalue weighted by molar-refractivity contribution is 0.732. The Morgan fingerprint density at radius 2 is 1.80 bits per heavy atom. The molecule has 0 aromatic rings. The van der Waals surface area contributed by atoms with E-state index in [-0.39, 0.29) is 0 Å². The van der Waals surface area contributed by atoms with Crippen LogP contribution in [0, 0.1) is 0 Å². The van der Waals surface area contributed by atoms with Crippen molar-refractivity contribution in [2.24, 2.45) is 0 Å². The van der Waals surface area contributed by atoms with Crippen LogP contribution in [0.25, 0.3) is 0 Å². The van der Waals surface area contributed by atoms with Gasteiger partial charge in [-0.15, -0.1) is 11.6 Å². The highest BCUT2D eigenvalue weighted by atomic mass is 35.5. The summed E-state index contributed by atoms with van der Waals surface area (Å²) < 4.78 is 0.367. The molecule has 0 aromatic heterocycles. The minimum atomic E-state index is 0.367. The summed E-state index contributed by atoms with van der Waals surface area (Å²) in [5.74, 6) is 0.748. The van der Waals surface area contributed by atoms with Gasteiger partial charge in [-0.05, 0) is 19.3 Å². The van der Waals surface area contributed by atoms with Crippen LogP contribution in [-0.4, -0.2) is 5.88 Å². The van der Waals surface area contributed by atoms with Crippen molar-refractivity contribution < 1.29 is 0 Å². The predicted octanol–water partition coefficient (Wildman–Crippen LogP) is 4.10. The molecule has 0 fully saturated rings. The Labute approximate surface area is 77.1 Å². The van der Waals surface area contributed by atoms with Crippen molar-refractivity contribution in [2.75, 3.05) is 5.88 Å². The highest BCUT2D eigenvalue weighted by Gasteiger charge is 1.86. The summed E-state index contributed by atoms with van der Waals surface area (Å²) in [4.78, 5) is 0. The van der Waals surface area contributed by atoms with Gasteiger partial charge in [-0.3, -0.25) is 0 Å². The van der Waals surface area contributed by atoms with Gasteiger partial charge in [-0.25, -0.2) is 0 Å². The van der Waals surface area contributed by atoms with E-state index in [4.69, 9.17) is 34.8 Å². The molecule has 0 radical (unpaired) electrons. The predicted molar refractivity (Wildman–Crippen MR) is 49.0 cm³/mol. The van der Waals surface area contributed by atoms with E-state index in [1.807, 2.05) is 6.08 Å². The quantitative estimate of drug-likeness (QED) is 0.464. The van der Waals surface area contributed by atoms with Crippen molar-refractivity contribution in [3.05, 3.63) is 10.6 Å². The molecule has 0 rings (SSSR count). The summed E-state index contributed by atoms with van der Waals surface area (Å²) >= 11 is 16.3. The number of unbranched alkanes of at least 4 members (excludes halogenated alkanes) is 3. The van der Waals surface area contributed by atoms with Gasteiger partial charge in [0.25, 0.3) is 0 Å². The highest BCUT2D eigenvalue weighted by molar-refractivity contribution is 6.55. The maximum Gasteiger partial charge on any atom is 0.102 e. The van der Waals surface area contributed by atoms with Crippen LogP contribution in [0.3, 0.4) is 0 Å². The zero-order valence-electron chi connectivity index (χ0n) is 5.75. The lowest BCUT2D eigenvalue weighted by atomic mass is 10.2. The van der Waals surface area contributed by atoms with Crippen molar-refractivity contribution in [2.45, 2.75) is 25.7 Å². The van der Waals surface area contributed by atoms with Gasteiger partial charge in [0.05, 0.1) is 0 Å². The van der Waals surface area contributed by atoms with Crippen LogP contribution in [0.1, 0.15) is 25.7 Å². The Hall–Kier alpha value is 0.610. The first-order valence-corrected chi connectivity index (χ1v) is 4.63. The van der Waals surface area contributed by atoms with E-state index in [0.29, 0.717) is 4.49 Å². The fourth-order valence-electron chi connectivity index (χ4n) is 0.627. The molecule has 0 aliphatic heterocycles. The third-order valence-electron chi connectivity index (χ3n) is 1.14. The maximum atomic E-state index is 5.48. The Kier molecular flexibility index (Phi) is 8.18. The van der Waals surface area contributed by atoms with Crippen LogP contribution in [0.5, 0.6) is 0 Å². The smallest absolute Gasteiger partial charge is 0.102 e. The Balaban J connectivity index is 2.98. The van der Waals surface area contributed by atoms with Crippen LogP contribution < -0.4 is 0 Å². The number of hydrogen-bond donors (Lipinski definition) is 0. The van der Waals surface area contributed by atoms with E-state index >= 15 is 0 Å². The molecule has 0 heterocycles. The molecule has 0 saturated carbocycles. The van der Waals surface area contributed by atoms with Crippen LogP contribution in [0.2, 0.25) is 0 Å². The molecule has 0 bridgehead atoms. The van der Waals surface area contributed by atoms with Gasteiger partial charge in [0.2, 0.25) is 0 Å². The molecule has 60 valence electrons. The van der Waals surface area contributed by atoms with E-state index in [0.717, 1.165) is 31.6 Å². The van der Waals surface area contributed by atoms with Crippen LogP contribution in [0.4, 0.5) is 0 Å². The first-order chi connectivity index (χ1) is 4.77. The Morgan fingerprint density at radius 3 is 2.30 bits per heavy atom. The Bertz CT molecular complexity index is 95.0. The zero-order chi connectivity index (χ0) is 7.82. The summed E-state index contributed by atoms with van der Waals surface area (Å²) in [7, 11) is 0. The minimum absolute atomic E-state index is 0.367. The largest absolute Gasteiger partial charge is 0.127 e. The Morgan fingerprint density at radius 1 is 1.10 bits per heavy atom. The molecule has 3 heteroatoms. The number of rotatable bonds is 5.